The quantitative estimate of drug-likeness (QED) is 0.497. The predicted molar refractivity (Wildman–Crippen MR) is 135 cm³/mol. The smallest absolute Gasteiger partial charge is 0.246 e. The van der Waals surface area contributed by atoms with Crippen molar-refractivity contribution in [1.82, 2.24) is 25.1 Å². The molecule has 8 heteroatoms. The molecule has 1 heterocycles. The van der Waals surface area contributed by atoms with Crippen LogP contribution in [-0.4, -0.2) is 71.9 Å². The summed E-state index contributed by atoms with van der Waals surface area (Å²) >= 11 is 0. The van der Waals surface area contributed by atoms with Gasteiger partial charge in [-0.15, -0.1) is 0 Å². The molecule has 0 aliphatic heterocycles. The topological polar surface area (TPSA) is 90.5 Å². The molecule has 2 amide bonds. The van der Waals surface area contributed by atoms with E-state index in [0.717, 1.165) is 28.5 Å². The van der Waals surface area contributed by atoms with E-state index in [1.54, 1.807) is 26.2 Å². The highest BCUT2D eigenvalue weighted by Crippen LogP contribution is 2.40. The average molecular weight is 465 g/mol. The largest absolute Gasteiger partial charge is 0.354 e. The molecule has 1 fully saturated rings. The SMILES string of the molecule is Cc1ncc(Nc2cccc(CCNC(=O)[C@H](C)N(C)C(=O)/C=C/CN(C)C)c2)nc1C1CC1. The Kier molecular flexibility index (Phi) is 8.76. The van der Waals surface area contributed by atoms with Crippen LogP contribution in [0.3, 0.4) is 0 Å². The normalized spacial score (nSPS) is 14.3. The Morgan fingerprint density at radius 3 is 2.71 bits per heavy atom. The van der Waals surface area contributed by atoms with E-state index < -0.39 is 6.04 Å². The molecule has 34 heavy (non-hydrogen) atoms. The van der Waals surface area contributed by atoms with Crippen LogP contribution in [0.15, 0.2) is 42.6 Å². The van der Waals surface area contributed by atoms with Crippen molar-refractivity contribution in [2.75, 3.05) is 39.5 Å². The summed E-state index contributed by atoms with van der Waals surface area (Å²) in [4.78, 5) is 37.4. The molecule has 0 bridgehead atoms. The molecule has 3 rings (SSSR count). The lowest BCUT2D eigenvalue weighted by molar-refractivity contribution is -0.135. The number of nitrogens with one attached hydrogen (secondary N) is 2. The van der Waals surface area contributed by atoms with Gasteiger partial charge >= 0.3 is 0 Å². The second-order valence-electron chi connectivity index (χ2n) is 9.16. The number of likely N-dealkylation sites (N-methyl/N-ethyl adjacent to an activating group) is 2. The fraction of sp³-hybridized carbons (Fsp3) is 0.462. The lowest BCUT2D eigenvalue weighted by Gasteiger charge is -2.23. The third-order valence-corrected chi connectivity index (χ3v) is 5.91. The van der Waals surface area contributed by atoms with E-state index in [-0.39, 0.29) is 11.8 Å². The molecule has 0 radical (unpaired) electrons. The summed E-state index contributed by atoms with van der Waals surface area (Å²) in [5.74, 6) is 0.940. The maximum Gasteiger partial charge on any atom is 0.246 e. The Balaban J connectivity index is 1.49. The zero-order valence-corrected chi connectivity index (χ0v) is 20.8. The fourth-order valence-electron chi connectivity index (χ4n) is 3.55. The van der Waals surface area contributed by atoms with E-state index in [2.05, 4.69) is 21.7 Å². The molecule has 1 aromatic carbocycles. The van der Waals surface area contributed by atoms with Gasteiger partial charge in [0.15, 0.2) is 0 Å². The van der Waals surface area contributed by atoms with Crippen LogP contribution in [0.4, 0.5) is 11.5 Å². The molecular weight excluding hydrogens is 428 g/mol. The molecule has 182 valence electrons. The average Bonchev–Trinajstić information content (AvgIpc) is 3.64. The van der Waals surface area contributed by atoms with Gasteiger partial charge in [0.1, 0.15) is 11.9 Å². The minimum absolute atomic E-state index is 0.173. The predicted octanol–water partition coefficient (Wildman–Crippen LogP) is 3.03. The number of carbonyl (C=O) groups is 2. The van der Waals surface area contributed by atoms with E-state index in [1.807, 2.05) is 44.1 Å². The van der Waals surface area contributed by atoms with Gasteiger partial charge in [-0.3, -0.25) is 14.6 Å². The van der Waals surface area contributed by atoms with E-state index in [9.17, 15) is 9.59 Å². The first-order valence-electron chi connectivity index (χ1n) is 11.8. The lowest BCUT2D eigenvalue weighted by atomic mass is 10.1. The Morgan fingerprint density at radius 2 is 2.00 bits per heavy atom. The van der Waals surface area contributed by atoms with Crippen LogP contribution >= 0.6 is 0 Å². The summed E-state index contributed by atoms with van der Waals surface area (Å²) in [5.41, 5.74) is 4.13. The lowest BCUT2D eigenvalue weighted by Crippen LogP contribution is -2.45. The van der Waals surface area contributed by atoms with Gasteiger partial charge in [0.05, 0.1) is 17.6 Å². The highest BCUT2D eigenvalue weighted by atomic mass is 16.2. The van der Waals surface area contributed by atoms with Crippen molar-refractivity contribution >= 4 is 23.3 Å². The van der Waals surface area contributed by atoms with E-state index in [0.29, 0.717) is 25.4 Å². The summed E-state index contributed by atoms with van der Waals surface area (Å²) < 4.78 is 0. The minimum Gasteiger partial charge on any atom is -0.354 e. The van der Waals surface area contributed by atoms with Gasteiger partial charge in [-0.1, -0.05) is 18.2 Å². The Morgan fingerprint density at radius 1 is 1.24 bits per heavy atom. The maximum atomic E-state index is 12.5. The summed E-state index contributed by atoms with van der Waals surface area (Å²) in [6, 6.07) is 7.51. The van der Waals surface area contributed by atoms with Crippen LogP contribution in [0, 0.1) is 6.92 Å². The molecule has 1 aliphatic rings. The number of nitrogens with zero attached hydrogens (tertiary/aromatic N) is 4. The minimum atomic E-state index is -0.551. The van der Waals surface area contributed by atoms with Crippen LogP contribution in [0.1, 0.15) is 42.6 Å². The van der Waals surface area contributed by atoms with Gasteiger partial charge in [-0.05, 0) is 64.9 Å². The van der Waals surface area contributed by atoms with Crippen molar-refractivity contribution in [3.05, 3.63) is 59.6 Å². The van der Waals surface area contributed by atoms with Crippen molar-refractivity contribution in [2.45, 2.75) is 45.1 Å². The van der Waals surface area contributed by atoms with Gasteiger partial charge in [0.2, 0.25) is 11.8 Å². The molecule has 0 spiro atoms. The van der Waals surface area contributed by atoms with E-state index in [1.165, 1.54) is 23.8 Å². The van der Waals surface area contributed by atoms with Crippen LogP contribution in [0.25, 0.3) is 0 Å². The molecular formula is C26H36N6O2. The maximum absolute atomic E-state index is 12.5. The number of hydrogen-bond acceptors (Lipinski definition) is 6. The van der Waals surface area contributed by atoms with Crippen molar-refractivity contribution < 1.29 is 9.59 Å². The molecule has 0 unspecified atom stereocenters. The standard InChI is InChI=1S/C26H36N6O2/c1-18-25(21-11-12-21)30-23(17-28-18)29-22-9-6-8-20(16-22)13-14-27-26(34)19(2)32(5)24(33)10-7-15-31(3)4/h6-10,16-17,19,21H,11-15H2,1-5H3,(H,27,34)(H,29,30)/b10-7+/t19-/m0/s1. The number of aromatic nitrogens is 2. The van der Waals surface area contributed by atoms with E-state index >= 15 is 0 Å². The molecule has 1 aliphatic carbocycles. The number of carbonyl (C=O) groups excluding carboxylic acids is 2. The molecule has 1 saturated carbocycles. The van der Waals surface area contributed by atoms with E-state index in [4.69, 9.17) is 4.98 Å². The van der Waals surface area contributed by atoms with Crippen LogP contribution in [0.5, 0.6) is 0 Å². The third-order valence-electron chi connectivity index (χ3n) is 5.91. The summed E-state index contributed by atoms with van der Waals surface area (Å²) in [7, 11) is 5.51. The third kappa shape index (κ3) is 7.38. The number of benzene rings is 1. The molecule has 1 aromatic heterocycles. The van der Waals surface area contributed by atoms with Gasteiger partial charge in [0, 0.05) is 37.8 Å². The van der Waals surface area contributed by atoms with Crippen LogP contribution in [-0.2, 0) is 16.0 Å². The summed E-state index contributed by atoms with van der Waals surface area (Å²) in [6.07, 6.45) is 8.13. The second kappa shape index (κ2) is 11.7. The molecule has 0 saturated heterocycles. The van der Waals surface area contributed by atoms with Gasteiger partial charge < -0.3 is 20.4 Å². The van der Waals surface area contributed by atoms with Crippen molar-refractivity contribution in [3.8, 4) is 0 Å². The molecule has 2 N–H and O–H groups in total. The van der Waals surface area contributed by atoms with Crippen molar-refractivity contribution in [3.63, 3.8) is 0 Å². The number of amides is 2. The Labute approximate surface area is 202 Å². The zero-order chi connectivity index (χ0) is 24.7. The number of rotatable bonds is 11. The Hall–Kier alpha value is -3.26. The Bertz CT molecular complexity index is 1030. The summed E-state index contributed by atoms with van der Waals surface area (Å²) in [6.45, 7) is 4.90. The molecule has 2 aromatic rings. The first-order valence-corrected chi connectivity index (χ1v) is 11.8. The first-order chi connectivity index (χ1) is 16.2. The second-order valence-corrected chi connectivity index (χ2v) is 9.16. The van der Waals surface area contributed by atoms with Crippen molar-refractivity contribution in [2.24, 2.45) is 0 Å². The highest BCUT2D eigenvalue weighted by Gasteiger charge is 2.27. The molecule has 1 atom stereocenters. The van der Waals surface area contributed by atoms with Crippen molar-refractivity contribution in [1.29, 1.82) is 0 Å². The monoisotopic (exact) mass is 464 g/mol. The van der Waals surface area contributed by atoms with Gasteiger partial charge in [-0.2, -0.15) is 0 Å². The zero-order valence-electron chi connectivity index (χ0n) is 20.8. The molecule has 8 nitrogen and oxygen atoms in total. The number of aryl methyl sites for hydroxylation is 1. The van der Waals surface area contributed by atoms with Crippen LogP contribution in [0.2, 0.25) is 0 Å². The van der Waals surface area contributed by atoms with Gasteiger partial charge in [-0.25, -0.2) is 4.98 Å². The number of hydrogen-bond donors (Lipinski definition) is 2. The van der Waals surface area contributed by atoms with Crippen LogP contribution < -0.4 is 10.6 Å². The number of anilines is 2. The highest BCUT2D eigenvalue weighted by molar-refractivity contribution is 5.92. The summed E-state index contributed by atoms with van der Waals surface area (Å²) in [5, 5.41) is 6.28. The first kappa shape index (κ1) is 25.4. The van der Waals surface area contributed by atoms with Gasteiger partial charge in [0.25, 0.3) is 0 Å². The fourth-order valence-corrected chi connectivity index (χ4v) is 3.55.